The summed E-state index contributed by atoms with van der Waals surface area (Å²) < 4.78 is 0. The van der Waals surface area contributed by atoms with Crippen LogP contribution < -0.4 is 10.8 Å². The van der Waals surface area contributed by atoms with Gasteiger partial charge in [-0.15, -0.1) is 0 Å². The Morgan fingerprint density at radius 2 is 2.00 bits per heavy atom. The van der Waals surface area contributed by atoms with Gasteiger partial charge in [-0.3, -0.25) is 0 Å². The van der Waals surface area contributed by atoms with E-state index in [1.165, 1.54) is 5.57 Å². The Morgan fingerprint density at radius 1 is 1.20 bits per heavy atom. The van der Waals surface area contributed by atoms with E-state index in [1.807, 2.05) is 0 Å². The summed E-state index contributed by atoms with van der Waals surface area (Å²) in [6.07, 6.45) is 2.16. The van der Waals surface area contributed by atoms with Gasteiger partial charge in [-0.2, -0.15) is 0 Å². The number of nitrogens with zero attached hydrogens (tertiary/aromatic N) is 4. The van der Waals surface area contributed by atoms with Gasteiger partial charge in [0.25, 0.3) is 0 Å². The number of aromatic nitrogens is 2. The number of aliphatic hydroxyl groups excluding tert-OH is 1. The molecule has 0 atom stereocenters. The topological polar surface area (TPSA) is 70.7 Å². The van der Waals surface area contributed by atoms with E-state index in [9.17, 15) is 0 Å². The second kappa shape index (κ2) is 2.93. The molecule has 0 unspecified atom stereocenters. The zero-order valence-electron chi connectivity index (χ0n) is 8.36. The van der Waals surface area contributed by atoms with Crippen LogP contribution in [0.1, 0.15) is 24.4 Å². The Labute approximate surface area is 85.9 Å². The molecule has 1 saturated carbocycles. The SMILES string of the molecule is Cc1nc(CO)c2c(n1)=NC(=C1CC1)N=2. The van der Waals surface area contributed by atoms with E-state index in [1.54, 1.807) is 6.92 Å². The van der Waals surface area contributed by atoms with Crippen molar-refractivity contribution < 1.29 is 5.11 Å². The molecule has 1 N–H and O–H groups in total. The first kappa shape index (κ1) is 8.67. The average molecular weight is 202 g/mol. The smallest absolute Gasteiger partial charge is 0.184 e. The number of aliphatic hydroxyl groups is 1. The molecule has 0 bridgehead atoms. The molecule has 1 aliphatic carbocycles. The van der Waals surface area contributed by atoms with E-state index in [0.717, 1.165) is 18.7 Å². The molecule has 1 aliphatic heterocycles. The lowest BCUT2D eigenvalue weighted by Gasteiger charge is -1.94. The van der Waals surface area contributed by atoms with Crippen LogP contribution >= 0.6 is 0 Å². The van der Waals surface area contributed by atoms with E-state index in [2.05, 4.69) is 20.0 Å². The van der Waals surface area contributed by atoms with Crippen molar-refractivity contribution in [2.45, 2.75) is 26.4 Å². The first-order chi connectivity index (χ1) is 7.28. The molecular weight excluding hydrogens is 192 g/mol. The van der Waals surface area contributed by atoms with E-state index in [0.29, 0.717) is 22.4 Å². The van der Waals surface area contributed by atoms with Gasteiger partial charge in [-0.1, -0.05) is 0 Å². The minimum Gasteiger partial charge on any atom is -0.390 e. The van der Waals surface area contributed by atoms with Gasteiger partial charge in [-0.05, 0) is 25.3 Å². The minimum absolute atomic E-state index is 0.118. The number of aryl methyl sites for hydroxylation is 1. The van der Waals surface area contributed by atoms with Crippen molar-refractivity contribution in [2.75, 3.05) is 0 Å². The van der Waals surface area contributed by atoms with Crippen LogP contribution in [0.2, 0.25) is 0 Å². The fraction of sp³-hybridized carbons (Fsp3) is 0.400. The van der Waals surface area contributed by atoms with Crippen molar-refractivity contribution in [3.05, 3.63) is 33.8 Å². The fourth-order valence-electron chi connectivity index (χ4n) is 1.59. The molecule has 0 amide bonds. The Kier molecular flexibility index (Phi) is 1.70. The Balaban J connectivity index is 2.32. The van der Waals surface area contributed by atoms with Gasteiger partial charge in [0.2, 0.25) is 0 Å². The number of hydrogen-bond acceptors (Lipinski definition) is 5. The molecule has 2 heterocycles. The first-order valence-corrected chi connectivity index (χ1v) is 4.92. The van der Waals surface area contributed by atoms with E-state index >= 15 is 0 Å². The molecule has 76 valence electrons. The molecule has 1 fully saturated rings. The monoisotopic (exact) mass is 202 g/mol. The van der Waals surface area contributed by atoms with Crippen molar-refractivity contribution in [1.82, 2.24) is 9.97 Å². The van der Waals surface area contributed by atoms with Crippen LogP contribution in [-0.2, 0) is 6.61 Å². The van der Waals surface area contributed by atoms with Crippen LogP contribution in [0.3, 0.4) is 0 Å². The van der Waals surface area contributed by atoms with Crippen molar-refractivity contribution in [1.29, 1.82) is 0 Å². The van der Waals surface area contributed by atoms with Gasteiger partial charge >= 0.3 is 0 Å². The van der Waals surface area contributed by atoms with E-state index < -0.39 is 0 Å². The van der Waals surface area contributed by atoms with Crippen molar-refractivity contribution >= 4 is 0 Å². The highest BCUT2D eigenvalue weighted by molar-refractivity contribution is 5.26. The molecule has 0 spiro atoms. The van der Waals surface area contributed by atoms with Gasteiger partial charge in [0.1, 0.15) is 11.2 Å². The Morgan fingerprint density at radius 3 is 2.67 bits per heavy atom. The maximum absolute atomic E-state index is 9.16. The Hall–Kier alpha value is -1.62. The molecule has 3 rings (SSSR count). The number of hydrogen-bond donors (Lipinski definition) is 1. The molecule has 1 aromatic heterocycles. The van der Waals surface area contributed by atoms with E-state index in [-0.39, 0.29) is 6.61 Å². The third kappa shape index (κ3) is 1.35. The summed E-state index contributed by atoms with van der Waals surface area (Å²) in [7, 11) is 0. The highest BCUT2D eigenvalue weighted by Crippen LogP contribution is 2.32. The van der Waals surface area contributed by atoms with Crippen LogP contribution in [0.15, 0.2) is 21.4 Å². The Bertz CT molecular complexity index is 582. The molecule has 0 saturated heterocycles. The van der Waals surface area contributed by atoms with Crippen molar-refractivity contribution in [3.8, 4) is 0 Å². The summed E-state index contributed by atoms with van der Waals surface area (Å²) in [5.41, 5.74) is 2.44. The normalized spacial score (nSPS) is 17.2. The standard InChI is InChI=1S/C10H10N4O/c1-5-11-7(4-15)8-10(12-5)14-9(13-8)6-2-3-6/h15H,2-4H2,1H3. The van der Waals surface area contributed by atoms with Crippen LogP contribution in [-0.4, -0.2) is 15.1 Å². The van der Waals surface area contributed by atoms with Gasteiger partial charge in [0.15, 0.2) is 11.3 Å². The molecule has 0 aromatic carbocycles. The summed E-state index contributed by atoms with van der Waals surface area (Å²) >= 11 is 0. The molecular formula is C10H10N4O. The molecule has 15 heavy (non-hydrogen) atoms. The molecule has 1 aromatic rings. The fourth-order valence-corrected chi connectivity index (χ4v) is 1.59. The van der Waals surface area contributed by atoms with E-state index in [4.69, 9.17) is 5.11 Å². The molecule has 2 aliphatic rings. The zero-order chi connectivity index (χ0) is 10.4. The maximum atomic E-state index is 9.16. The number of rotatable bonds is 1. The molecule has 5 heteroatoms. The van der Waals surface area contributed by atoms with Gasteiger partial charge in [0, 0.05) is 0 Å². The summed E-state index contributed by atoms with van der Waals surface area (Å²) in [4.78, 5) is 17.0. The summed E-state index contributed by atoms with van der Waals surface area (Å²) in [5, 5.41) is 9.80. The second-order valence-corrected chi connectivity index (χ2v) is 3.70. The first-order valence-electron chi connectivity index (χ1n) is 4.92. The van der Waals surface area contributed by atoms with Crippen LogP contribution in [0.5, 0.6) is 0 Å². The summed E-state index contributed by atoms with van der Waals surface area (Å²) in [6, 6.07) is 0. The van der Waals surface area contributed by atoms with Gasteiger partial charge < -0.3 is 5.11 Å². The average Bonchev–Trinajstić information content (AvgIpc) is 2.98. The predicted octanol–water partition coefficient (Wildman–Crippen LogP) is -0.464. The minimum atomic E-state index is -0.118. The lowest BCUT2D eigenvalue weighted by molar-refractivity contribution is 0.274. The zero-order valence-corrected chi connectivity index (χ0v) is 8.36. The second-order valence-electron chi connectivity index (χ2n) is 3.70. The lowest BCUT2D eigenvalue weighted by atomic mass is 10.4. The van der Waals surface area contributed by atoms with Crippen molar-refractivity contribution in [2.24, 2.45) is 9.98 Å². The predicted molar refractivity (Wildman–Crippen MR) is 51.3 cm³/mol. The largest absolute Gasteiger partial charge is 0.390 e. The lowest BCUT2D eigenvalue weighted by Crippen LogP contribution is -2.32. The highest BCUT2D eigenvalue weighted by atomic mass is 16.3. The highest BCUT2D eigenvalue weighted by Gasteiger charge is 2.20. The quantitative estimate of drug-likeness (QED) is 0.669. The van der Waals surface area contributed by atoms with Crippen LogP contribution in [0.4, 0.5) is 0 Å². The van der Waals surface area contributed by atoms with Gasteiger partial charge in [-0.25, -0.2) is 20.0 Å². The van der Waals surface area contributed by atoms with Crippen LogP contribution in [0, 0.1) is 6.92 Å². The summed E-state index contributed by atoms with van der Waals surface area (Å²) in [5.74, 6) is 1.40. The summed E-state index contributed by atoms with van der Waals surface area (Å²) in [6.45, 7) is 1.67. The third-order valence-corrected chi connectivity index (χ3v) is 2.45. The maximum Gasteiger partial charge on any atom is 0.184 e. The van der Waals surface area contributed by atoms with Crippen LogP contribution in [0.25, 0.3) is 0 Å². The number of fused-ring (bicyclic) bond motifs is 1. The molecule has 0 radical (unpaired) electrons. The molecule has 5 nitrogen and oxygen atoms in total. The van der Waals surface area contributed by atoms with Crippen molar-refractivity contribution in [3.63, 3.8) is 0 Å². The number of allylic oxidation sites excluding steroid dienone is 1. The third-order valence-electron chi connectivity index (χ3n) is 2.45. The van der Waals surface area contributed by atoms with Gasteiger partial charge in [0.05, 0.1) is 12.3 Å².